The van der Waals surface area contributed by atoms with Crippen LogP contribution in [0.5, 0.6) is 0 Å². The van der Waals surface area contributed by atoms with E-state index in [4.69, 9.17) is 15.0 Å². The van der Waals surface area contributed by atoms with Crippen LogP contribution >= 0.6 is 0 Å². The molecule has 0 spiro atoms. The van der Waals surface area contributed by atoms with Crippen molar-refractivity contribution >= 4 is 6.16 Å². The largest absolute Gasteiger partial charge is 2.00 e. The van der Waals surface area contributed by atoms with E-state index >= 15 is 0 Å². The van der Waals surface area contributed by atoms with Gasteiger partial charge in [-0.05, 0) is 0 Å². The van der Waals surface area contributed by atoms with Gasteiger partial charge in [0.2, 0.25) is 6.16 Å². The Kier molecular flexibility index (Phi) is 56.9. The van der Waals surface area contributed by atoms with E-state index in [1.54, 1.807) is 0 Å². The molecule has 0 aliphatic heterocycles. The van der Waals surface area contributed by atoms with Crippen LogP contribution in [-0.2, 0) is 22.5 Å². The third-order valence-electron chi connectivity index (χ3n) is 0. The molecule has 0 aliphatic rings. The first-order valence-corrected chi connectivity index (χ1v) is 0.632. The SMILES string of the molecule is O=C([O-])O.[Fe+2].[Na+].[O-2]. The number of carbonyl (C=O) groups is 1. The van der Waals surface area contributed by atoms with Crippen molar-refractivity contribution in [3.63, 3.8) is 0 Å². The molecule has 0 heterocycles. The predicted molar refractivity (Wildman–Crippen MR) is 8.71 cm³/mol. The Morgan fingerprint density at radius 2 is 1.57 bits per heavy atom. The first-order valence-electron chi connectivity index (χ1n) is 0.632. The molecule has 6 heteroatoms. The van der Waals surface area contributed by atoms with E-state index in [0.717, 1.165) is 0 Å². The van der Waals surface area contributed by atoms with Gasteiger partial charge >= 0.3 is 46.6 Å². The molecular weight excluding hydrogens is 155 g/mol. The van der Waals surface area contributed by atoms with Crippen LogP contribution in [0.15, 0.2) is 0 Å². The van der Waals surface area contributed by atoms with Crippen molar-refractivity contribution in [2.24, 2.45) is 0 Å². The second kappa shape index (κ2) is 15.9. The van der Waals surface area contributed by atoms with Crippen molar-refractivity contribution in [2.75, 3.05) is 0 Å². The second-order valence-electron chi connectivity index (χ2n) is 0.266. The van der Waals surface area contributed by atoms with Gasteiger partial charge in [-0.15, -0.1) is 0 Å². The molecule has 0 bridgehead atoms. The van der Waals surface area contributed by atoms with Crippen LogP contribution in [0.25, 0.3) is 0 Å². The number of hydrogen-bond acceptors (Lipinski definition) is 2. The van der Waals surface area contributed by atoms with Crippen molar-refractivity contribution in [2.45, 2.75) is 0 Å². The average Bonchev–Trinajstić information content (AvgIpc) is 0.811. The van der Waals surface area contributed by atoms with Crippen molar-refractivity contribution in [1.82, 2.24) is 0 Å². The molecule has 0 fully saturated rings. The van der Waals surface area contributed by atoms with E-state index in [2.05, 4.69) is 0 Å². The van der Waals surface area contributed by atoms with E-state index in [0.29, 0.717) is 0 Å². The molecule has 0 aromatic carbocycles. The monoisotopic (exact) mass is 156 g/mol. The van der Waals surface area contributed by atoms with Crippen LogP contribution < -0.4 is 34.7 Å². The average molecular weight is 156 g/mol. The second-order valence-corrected chi connectivity index (χ2v) is 0.266. The van der Waals surface area contributed by atoms with Gasteiger partial charge in [-0.1, -0.05) is 0 Å². The molecule has 1 N–H and O–H groups in total. The van der Waals surface area contributed by atoms with E-state index in [1.165, 1.54) is 0 Å². The van der Waals surface area contributed by atoms with Gasteiger partial charge in [-0.25, -0.2) is 0 Å². The summed E-state index contributed by atoms with van der Waals surface area (Å²) in [5, 5.41) is 15.3. The fourth-order valence-electron chi connectivity index (χ4n) is 0. The Morgan fingerprint density at radius 1 is 1.57 bits per heavy atom. The first-order chi connectivity index (χ1) is 1.73. The Bertz CT molecular complexity index is 34.7. The van der Waals surface area contributed by atoms with Crippen LogP contribution in [0.1, 0.15) is 0 Å². The van der Waals surface area contributed by atoms with E-state index in [1.807, 2.05) is 0 Å². The van der Waals surface area contributed by atoms with Gasteiger partial charge in [0.05, 0.1) is 0 Å². The van der Waals surface area contributed by atoms with Crippen LogP contribution in [-0.4, -0.2) is 11.3 Å². The van der Waals surface area contributed by atoms with Gasteiger partial charge in [0, 0.05) is 0 Å². The fraction of sp³-hybridized carbons (Fsp3) is 0. The van der Waals surface area contributed by atoms with E-state index in [-0.39, 0.29) is 52.1 Å². The maximum absolute atomic E-state index is 8.44. The van der Waals surface area contributed by atoms with Crippen LogP contribution in [0.4, 0.5) is 4.79 Å². The van der Waals surface area contributed by atoms with Crippen molar-refractivity contribution in [1.29, 1.82) is 0 Å². The maximum atomic E-state index is 8.44. The van der Waals surface area contributed by atoms with Crippen LogP contribution in [0.3, 0.4) is 0 Å². The zero-order chi connectivity index (χ0) is 3.58. The number of hydrogen-bond donors (Lipinski definition) is 1. The molecule has 38 valence electrons. The summed E-state index contributed by atoms with van der Waals surface area (Å²) in [6, 6.07) is 0. The number of rotatable bonds is 0. The van der Waals surface area contributed by atoms with Gasteiger partial charge < -0.3 is 20.5 Å². The minimum absolute atomic E-state index is 0. The summed E-state index contributed by atoms with van der Waals surface area (Å²) in [5.74, 6) is 0. The summed E-state index contributed by atoms with van der Waals surface area (Å²) in [6.07, 6.45) is -2.08. The van der Waals surface area contributed by atoms with Gasteiger partial charge in [0.25, 0.3) is 0 Å². The Hall–Kier alpha value is 0.749. The summed E-state index contributed by atoms with van der Waals surface area (Å²) >= 11 is 0. The summed E-state index contributed by atoms with van der Waals surface area (Å²) < 4.78 is 0. The third kappa shape index (κ3) is 271. The summed E-state index contributed by atoms with van der Waals surface area (Å²) in [6.45, 7) is 0. The minimum Gasteiger partial charge on any atom is -2.00 e. The molecule has 7 heavy (non-hydrogen) atoms. The molecule has 0 rings (SSSR count). The molecule has 0 radical (unpaired) electrons. The van der Waals surface area contributed by atoms with Crippen molar-refractivity contribution < 1.29 is 67.1 Å². The molecule has 0 aromatic heterocycles. The molecule has 0 atom stereocenters. The zero-order valence-corrected chi connectivity index (χ0v) is 6.63. The predicted octanol–water partition coefficient (Wildman–Crippen LogP) is -4.23. The summed E-state index contributed by atoms with van der Waals surface area (Å²) in [5.41, 5.74) is 0. The van der Waals surface area contributed by atoms with Crippen LogP contribution in [0, 0.1) is 0 Å². The van der Waals surface area contributed by atoms with Crippen LogP contribution in [0.2, 0.25) is 0 Å². The van der Waals surface area contributed by atoms with Gasteiger partial charge in [-0.3, -0.25) is 0 Å². The normalized spacial score (nSPS) is 3.43. The molecule has 0 amide bonds. The molecule has 0 aliphatic carbocycles. The molecular formula is CHFeNaO4. The Labute approximate surface area is 73.0 Å². The first kappa shape index (κ1) is 25.1. The molecule has 0 saturated carbocycles. The summed E-state index contributed by atoms with van der Waals surface area (Å²) in [4.78, 5) is 8.44. The Morgan fingerprint density at radius 3 is 1.57 bits per heavy atom. The van der Waals surface area contributed by atoms with Crippen molar-refractivity contribution in [3.05, 3.63) is 0 Å². The third-order valence-corrected chi connectivity index (χ3v) is 0. The quantitative estimate of drug-likeness (QED) is 0.360. The fourth-order valence-corrected chi connectivity index (χ4v) is 0. The van der Waals surface area contributed by atoms with E-state index < -0.39 is 6.16 Å². The molecule has 0 unspecified atom stereocenters. The number of carboxylic acid groups (broad SMARTS) is 2. The Balaban J connectivity index is -0.0000000150. The van der Waals surface area contributed by atoms with E-state index in [9.17, 15) is 0 Å². The zero-order valence-electron chi connectivity index (χ0n) is 3.53. The minimum atomic E-state index is -2.08. The molecule has 0 aromatic rings. The van der Waals surface area contributed by atoms with Gasteiger partial charge in [-0.2, -0.15) is 0 Å². The molecule has 0 saturated heterocycles. The topological polar surface area (TPSA) is 88.9 Å². The maximum Gasteiger partial charge on any atom is 2.00 e. The smallest absolute Gasteiger partial charge is 2.00 e. The van der Waals surface area contributed by atoms with Gasteiger partial charge in [0.15, 0.2) is 0 Å². The van der Waals surface area contributed by atoms with Crippen molar-refractivity contribution in [3.8, 4) is 0 Å². The summed E-state index contributed by atoms with van der Waals surface area (Å²) in [7, 11) is 0. The molecule has 4 nitrogen and oxygen atoms in total. The standard InChI is InChI=1S/CH2O3.Fe.Na.O/c2-1(3)4;;;/h(H2,2,3,4);;;/q;+2;+1;-2/p-1. The van der Waals surface area contributed by atoms with Gasteiger partial charge in [0.1, 0.15) is 0 Å².